The van der Waals surface area contributed by atoms with E-state index in [-0.39, 0.29) is 0 Å². The molecule has 0 unspecified atom stereocenters. The molecule has 0 spiro atoms. The number of aliphatic imine (C=N–C) groups is 1. The van der Waals surface area contributed by atoms with Crippen LogP contribution in [-0.2, 0) is 11.4 Å². The number of nitrogens with zero attached hydrogens (tertiary/aromatic N) is 2. The van der Waals surface area contributed by atoms with E-state index in [4.69, 9.17) is 16.3 Å². The van der Waals surface area contributed by atoms with E-state index in [1.807, 2.05) is 12.1 Å². The molecule has 1 heterocycles. The van der Waals surface area contributed by atoms with Crippen LogP contribution in [0.2, 0.25) is 5.02 Å². The van der Waals surface area contributed by atoms with Gasteiger partial charge in [0.05, 0.1) is 10.7 Å². The minimum Gasteiger partial charge on any atom is -0.487 e. The van der Waals surface area contributed by atoms with E-state index in [1.165, 1.54) is 6.08 Å². The highest BCUT2D eigenvalue weighted by Crippen LogP contribution is 2.29. The molecule has 18 heavy (non-hydrogen) atoms. The van der Waals surface area contributed by atoms with Gasteiger partial charge < -0.3 is 4.74 Å². The van der Waals surface area contributed by atoms with Crippen LogP contribution in [0.1, 0.15) is 5.56 Å². The van der Waals surface area contributed by atoms with Crippen molar-refractivity contribution in [1.29, 1.82) is 0 Å². The maximum Gasteiger partial charge on any atom is 0.240 e. The highest BCUT2D eigenvalue weighted by molar-refractivity contribution is 6.32. The Morgan fingerprint density at radius 1 is 1.39 bits per heavy atom. The first-order valence-corrected chi connectivity index (χ1v) is 5.56. The van der Waals surface area contributed by atoms with Gasteiger partial charge in [-0.25, -0.2) is 4.79 Å². The molecular weight excluding hydrogens is 252 g/mol. The normalized spacial score (nSPS) is 9.61. The van der Waals surface area contributed by atoms with Crippen LogP contribution >= 0.6 is 11.6 Å². The van der Waals surface area contributed by atoms with E-state index in [0.29, 0.717) is 23.1 Å². The molecule has 1 aromatic heterocycles. The summed E-state index contributed by atoms with van der Waals surface area (Å²) in [5.41, 5.74) is 1.40. The summed E-state index contributed by atoms with van der Waals surface area (Å²) in [6, 6.07) is 8.59. The highest BCUT2D eigenvalue weighted by Gasteiger charge is 2.03. The molecule has 90 valence electrons. The standard InChI is InChI=1S/C13H9ClN2O2/c14-12-6-11(16-9-17)3-4-13(12)18-8-10-2-1-5-15-7-10/h1-7H,8H2. The van der Waals surface area contributed by atoms with Crippen LogP contribution in [0.5, 0.6) is 5.75 Å². The second kappa shape index (κ2) is 5.96. The predicted molar refractivity (Wildman–Crippen MR) is 67.8 cm³/mol. The molecule has 0 radical (unpaired) electrons. The van der Waals surface area contributed by atoms with Crippen molar-refractivity contribution in [3.8, 4) is 5.75 Å². The SMILES string of the molecule is O=C=Nc1ccc(OCc2cccnc2)c(Cl)c1. The molecule has 5 heteroatoms. The van der Waals surface area contributed by atoms with Crippen LogP contribution in [0.25, 0.3) is 0 Å². The van der Waals surface area contributed by atoms with Gasteiger partial charge in [-0.3, -0.25) is 4.98 Å². The predicted octanol–water partition coefficient (Wildman–Crippen LogP) is 3.28. The summed E-state index contributed by atoms with van der Waals surface area (Å²) >= 11 is 6.00. The Balaban J connectivity index is 2.08. The summed E-state index contributed by atoms with van der Waals surface area (Å²) < 4.78 is 5.54. The van der Waals surface area contributed by atoms with Gasteiger partial charge in [0.15, 0.2) is 0 Å². The number of aromatic nitrogens is 1. The molecule has 1 aromatic carbocycles. The molecule has 0 saturated carbocycles. The van der Waals surface area contributed by atoms with Gasteiger partial charge >= 0.3 is 0 Å². The molecule has 0 aliphatic carbocycles. The number of ether oxygens (including phenoxy) is 1. The van der Waals surface area contributed by atoms with Gasteiger partial charge in [0.1, 0.15) is 12.4 Å². The van der Waals surface area contributed by atoms with Gasteiger partial charge in [-0.1, -0.05) is 17.7 Å². The number of benzene rings is 1. The number of isocyanates is 1. The Labute approximate surface area is 109 Å². The third-order valence-corrected chi connectivity index (χ3v) is 2.50. The fraction of sp³-hybridized carbons (Fsp3) is 0.0769. The average molecular weight is 261 g/mol. The van der Waals surface area contributed by atoms with E-state index >= 15 is 0 Å². The molecule has 0 amide bonds. The molecule has 0 aliphatic heterocycles. The van der Waals surface area contributed by atoms with Crippen molar-refractivity contribution in [2.75, 3.05) is 0 Å². The summed E-state index contributed by atoms with van der Waals surface area (Å²) in [6.07, 6.45) is 4.87. The van der Waals surface area contributed by atoms with E-state index in [0.717, 1.165) is 5.56 Å². The molecule has 4 nitrogen and oxygen atoms in total. The van der Waals surface area contributed by atoms with Crippen molar-refractivity contribution in [2.45, 2.75) is 6.61 Å². The van der Waals surface area contributed by atoms with Crippen LogP contribution in [0.4, 0.5) is 5.69 Å². The van der Waals surface area contributed by atoms with Crippen LogP contribution < -0.4 is 4.74 Å². The summed E-state index contributed by atoms with van der Waals surface area (Å²) in [5, 5.41) is 0.399. The van der Waals surface area contributed by atoms with Gasteiger partial charge in [-0.2, -0.15) is 4.99 Å². The minimum atomic E-state index is 0.379. The number of hydrogen-bond donors (Lipinski definition) is 0. The van der Waals surface area contributed by atoms with Crippen molar-refractivity contribution < 1.29 is 9.53 Å². The zero-order valence-corrected chi connectivity index (χ0v) is 10.1. The van der Waals surface area contributed by atoms with Gasteiger partial charge in [-0.15, -0.1) is 0 Å². The number of carbonyl (C=O) groups excluding carboxylic acids is 1. The summed E-state index contributed by atoms with van der Waals surface area (Å²) in [7, 11) is 0. The van der Waals surface area contributed by atoms with Crippen LogP contribution in [0.15, 0.2) is 47.7 Å². The van der Waals surface area contributed by atoms with Gasteiger partial charge in [0.2, 0.25) is 6.08 Å². The molecule has 0 fully saturated rings. The molecule has 0 N–H and O–H groups in total. The zero-order chi connectivity index (χ0) is 12.8. The largest absolute Gasteiger partial charge is 0.487 e. The maximum absolute atomic E-state index is 10.1. The number of pyridine rings is 1. The lowest BCUT2D eigenvalue weighted by Gasteiger charge is -2.07. The number of hydrogen-bond acceptors (Lipinski definition) is 4. The van der Waals surface area contributed by atoms with E-state index in [9.17, 15) is 4.79 Å². The lowest BCUT2D eigenvalue weighted by Crippen LogP contribution is -1.96. The van der Waals surface area contributed by atoms with Crippen molar-refractivity contribution in [1.82, 2.24) is 4.98 Å². The lowest BCUT2D eigenvalue weighted by molar-refractivity contribution is 0.306. The quantitative estimate of drug-likeness (QED) is 0.626. The third-order valence-electron chi connectivity index (χ3n) is 2.21. The summed E-state index contributed by atoms with van der Waals surface area (Å²) in [4.78, 5) is 17.6. The number of halogens is 1. The second-order valence-electron chi connectivity index (χ2n) is 3.47. The van der Waals surface area contributed by atoms with Crippen molar-refractivity contribution >= 4 is 23.4 Å². The molecule has 0 atom stereocenters. The third kappa shape index (κ3) is 3.17. The molecule has 2 rings (SSSR count). The van der Waals surface area contributed by atoms with Crippen molar-refractivity contribution in [2.24, 2.45) is 4.99 Å². The highest BCUT2D eigenvalue weighted by atomic mass is 35.5. The molecular formula is C13H9ClN2O2. The molecule has 0 bridgehead atoms. The van der Waals surface area contributed by atoms with E-state index < -0.39 is 0 Å². The van der Waals surface area contributed by atoms with Crippen molar-refractivity contribution in [3.05, 3.63) is 53.3 Å². The first-order valence-electron chi connectivity index (χ1n) is 5.19. The Hall–Kier alpha value is -2.16. The Bertz CT molecular complexity index is 581. The molecule has 2 aromatic rings. The first kappa shape index (κ1) is 12.3. The van der Waals surface area contributed by atoms with E-state index in [1.54, 1.807) is 30.6 Å². The maximum atomic E-state index is 10.1. The fourth-order valence-corrected chi connectivity index (χ4v) is 1.60. The Kier molecular flexibility index (Phi) is 4.07. The second-order valence-corrected chi connectivity index (χ2v) is 3.87. The number of rotatable bonds is 4. The first-order chi connectivity index (χ1) is 8.79. The summed E-state index contributed by atoms with van der Waals surface area (Å²) in [5.74, 6) is 0.533. The van der Waals surface area contributed by atoms with Crippen LogP contribution in [-0.4, -0.2) is 11.1 Å². The van der Waals surface area contributed by atoms with E-state index in [2.05, 4.69) is 9.98 Å². The van der Waals surface area contributed by atoms with Crippen molar-refractivity contribution in [3.63, 3.8) is 0 Å². The lowest BCUT2D eigenvalue weighted by atomic mass is 10.3. The fourth-order valence-electron chi connectivity index (χ4n) is 1.37. The smallest absolute Gasteiger partial charge is 0.240 e. The molecule has 0 aliphatic rings. The topological polar surface area (TPSA) is 51.5 Å². The zero-order valence-electron chi connectivity index (χ0n) is 9.34. The van der Waals surface area contributed by atoms with Gasteiger partial charge in [0.25, 0.3) is 0 Å². The van der Waals surface area contributed by atoms with Crippen LogP contribution in [0.3, 0.4) is 0 Å². The molecule has 0 saturated heterocycles. The van der Waals surface area contributed by atoms with Crippen LogP contribution in [0, 0.1) is 0 Å². The van der Waals surface area contributed by atoms with Gasteiger partial charge in [-0.05, 0) is 24.3 Å². The Morgan fingerprint density at radius 2 is 2.28 bits per heavy atom. The Morgan fingerprint density at radius 3 is 2.94 bits per heavy atom. The summed E-state index contributed by atoms with van der Waals surface area (Å²) in [6.45, 7) is 0.379. The average Bonchev–Trinajstić information content (AvgIpc) is 2.39. The monoisotopic (exact) mass is 260 g/mol. The van der Waals surface area contributed by atoms with Gasteiger partial charge in [0, 0.05) is 18.0 Å². The minimum absolute atomic E-state index is 0.379.